The number of rotatable bonds is 5. The summed E-state index contributed by atoms with van der Waals surface area (Å²) in [4.78, 5) is 31.6. The van der Waals surface area contributed by atoms with Crippen molar-refractivity contribution in [1.82, 2.24) is 10.3 Å². The molecule has 0 aliphatic carbocycles. The molecule has 1 aromatic heterocycles. The van der Waals surface area contributed by atoms with Gasteiger partial charge in [0.2, 0.25) is 0 Å². The molecule has 31 heavy (non-hydrogen) atoms. The van der Waals surface area contributed by atoms with Crippen LogP contribution in [0.1, 0.15) is 34.5 Å². The highest BCUT2D eigenvalue weighted by atomic mass is 16.5. The van der Waals surface area contributed by atoms with E-state index < -0.39 is 0 Å². The Morgan fingerprint density at radius 1 is 1.10 bits per heavy atom. The second-order valence-corrected chi connectivity index (χ2v) is 7.35. The maximum atomic E-state index is 13.0. The van der Waals surface area contributed by atoms with E-state index in [2.05, 4.69) is 15.6 Å². The summed E-state index contributed by atoms with van der Waals surface area (Å²) in [5.41, 5.74) is 3.84. The van der Waals surface area contributed by atoms with Crippen LogP contribution in [0.25, 0.3) is 0 Å². The molecule has 7 heteroatoms. The fraction of sp³-hybridized carbons (Fsp3) is 0.208. The van der Waals surface area contributed by atoms with Gasteiger partial charge in [-0.2, -0.15) is 0 Å². The lowest BCUT2D eigenvalue weighted by Gasteiger charge is -2.19. The molecular weight excluding hydrogens is 392 g/mol. The Kier molecular flexibility index (Phi) is 5.84. The number of nitrogens with zero attached hydrogens (tertiary/aromatic N) is 2. The molecule has 4 rings (SSSR count). The van der Waals surface area contributed by atoms with Gasteiger partial charge in [-0.25, -0.2) is 4.79 Å². The molecule has 1 aliphatic rings. The largest absolute Gasteiger partial charge is 0.497 e. The maximum absolute atomic E-state index is 13.0. The van der Waals surface area contributed by atoms with Gasteiger partial charge in [0.15, 0.2) is 0 Å². The lowest BCUT2D eigenvalue weighted by molar-refractivity contribution is 0.0939. The van der Waals surface area contributed by atoms with Crippen LogP contribution in [0.4, 0.5) is 16.2 Å². The van der Waals surface area contributed by atoms with Crippen LogP contribution >= 0.6 is 0 Å². The summed E-state index contributed by atoms with van der Waals surface area (Å²) < 4.78 is 5.15. The highest BCUT2D eigenvalue weighted by molar-refractivity contribution is 6.05. The monoisotopic (exact) mass is 416 g/mol. The molecule has 3 amide bonds. The first-order chi connectivity index (χ1) is 15.1. The van der Waals surface area contributed by atoms with Gasteiger partial charge in [-0.05, 0) is 66.9 Å². The van der Waals surface area contributed by atoms with Gasteiger partial charge in [0.25, 0.3) is 5.91 Å². The molecule has 2 N–H and O–H groups in total. The van der Waals surface area contributed by atoms with Crippen LogP contribution in [0, 0.1) is 0 Å². The molecule has 1 aliphatic heterocycles. The first-order valence-electron chi connectivity index (χ1n) is 10.1. The molecule has 0 fully saturated rings. The van der Waals surface area contributed by atoms with Crippen LogP contribution in [0.2, 0.25) is 0 Å². The van der Waals surface area contributed by atoms with E-state index in [1.54, 1.807) is 54.7 Å². The molecule has 158 valence electrons. The molecule has 2 aromatic carbocycles. The molecule has 0 saturated heterocycles. The van der Waals surface area contributed by atoms with E-state index in [9.17, 15) is 9.59 Å². The van der Waals surface area contributed by atoms with Gasteiger partial charge >= 0.3 is 6.03 Å². The SMILES string of the molecule is COc1ccc(NC(=O)N2CCc3c(C(=O)N[C@@H](C)c4cccnc4)cccc32)cc1. The van der Waals surface area contributed by atoms with Crippen molar-refractivity contribution in [3.8, 4) is 5.75 Å². The number of benzene rings is 2. The van der Waals surface area contributed by atoms with Crippen molar-refractivity contribution < 1.29 is 14.3 Å². The van der Waals surface area contributed by atoms with Gasteiger partial charge in [-0.3, -0.25) is 14.7 Å². The highest BCUT2D eigenvalue weighted by Gasteiger charge is 2.28. The van der Waals surface area contributed by atoms with E-state index in [0.29, 0.717) is 24.2 Å². The van der Waals surface area contributed by atoms with Gasteiger partial charge in [0.1, 0.15) is 5.75 Å². The molecule has 1 atom stereocenters. The summed E-state index contributed by atoms with van der Waals surface area (Å²) in [6, 6.07) is 16.0. The molecule has 0 unspecified atom stereocenters. The van der Waals surface area contributed by atoms with Crippen LogP contribution in [-0.4, -0.2) is 30.6 Å². The van der Waals surface area contributed by atoms with Crippen molar-refractivity contribution in [3.05, 3.63) is 83.7 Å². The van der Waals surface area contributed by atoms with Crippen molar-refractivity contribution in [3.63, 3.8) is 0 Å². The van der Waals surface area contributed by atoms with Crippen LogP contribution in [0.5, 0.6) is 5.75 Å². The van der Waals surface area contributed by atoms with Crippen molar-refractivity contribution in [2.24, 2.45) is 0 Å². The summed E-state index contributed by atoms with van der Waals surface area (Å²) in [5, 5.41) is 5.93. The molecule has 7 nitrogen and oxygen atoms in total. The fourth-order valence-corrected chi connectivity index (χ4v) is 3.71. The van der Waals surface area contributed by atoms with Crippen molar-refractivity contribution in [2.45, 2.75) is 19.4 Å². The van der Waals surface area contributed by atoms with Crippen LogP contribution < -0.4 is 20.3 Å². The molecule has 0 spiro atoms. The normalized spacial score (nSPS) is 13.3. The van der Waals surface area contributed by atoms with E-state index >= 15 is 0 Å². The number of carbonyl (C=O) groups is 2. The topological polar surface area (TPSA) is 83.6 Å². The number of nitrogens with one attached hydrogen (secondary N) is 2. The number of pyridine rings is 1. The van der Waals surface area contributed by atoms with E-state index in [1.165, 1.54) is 0 Å². The number of hydrogen-bond donors (Lipinski definition) is 2. The summed E-state index contributed by atoms with van der Waals surface area (Å²) in [5.74, 6) is 0.561. The summed E-state index contributed by atoms with van der Waals surface area (Å²) in [6.07, 6.45) is 4.07. The average molecular weight is 416 g/mol. The second kappa shape index (κ2) is 8.87. The van der Waals surface area contributed by atoms with E-state index in [0.717, 1.165) is 22.6 Å². The maximum Gasteiger partial charge on any atom is 0.326 e. The van der Waals surface area contributed by atoms with Gasteiger partial charge in [0, 0.05) is 35.9 Å². The van der Waals surface area contributed by atoms with Gasteiger partial charge in [-0.15, -0.1) is 0 Å². The predicted molar refractivity (Wildman–Crippen MR) is 120 cm³/mol. The van der Waals surface area contributed by atoms with Crippen molar-refractivity contribution >= 4 is 23.3 Å². The number of hydrogen-bond acceptors (Lipinski definition) is 4. The van der Waals surface area contributed by atoms with E-state index in [-0.39, 0.29) is 18.0 Å². The van der Waals surface area contributed by atoms with Crippen LogP contribution in [-0.2, 0) is 6.42 Å². The lowest BCUT2D eigenvalue weighted by atomic mass is 10.0. The average Bonchev–Trinajstić information content (AvgIpc) is 3.24. The highest BCUT2D eigenvalue weighted by Crippen LogP contribution is 2.31. The number of ether oxygens (including phenoxy) is 1. The molecule has 0 saturated carbocycles. The van der Waals surface area contributed by atoms with Crippen LogP contribution in [0.15, 0.2) is 67.0 Å². The molecule has 0 bridgehead atoms. The second-order valence-electron chi connectivity index (χ2n) is 7.35. The van der Waals surface area contributed by atoms with Crippen molar-refractivity contribution in [2.75, 3.05) is 23.9 Å². The molecular formula is C24H24N4O3. The summed E-state index contributed by atoms with van der Waals surface area (Å²) in [7, 11) is 1.60. The Morgan fingerprint density at radius 2 is 1.90 bits per heavy atom. The predicted octanol–water partition coefficient (Wildman–Crippen LogP) is 4.18. The van der Waals surface area contributed by atoms with E-state index in [1.807, 2.05) is 31.2 Å². The third kappa shape index (κ3) is 4.35. The number of urea groups is 1. The van der Waals surface area contributed by atoms with E-state index in [4.69, 9.17) is 4.74 Å². The first-order valence-corrected chi connectivity index (χ1v) is 10.1. The standard InChI is InChI=1S/C24H24N4O3/c1-16(17-5-4-13-25-15-17)26-23(29)21-6-3-7-22-20(21)12-14-28(22)24(30)27-18-8-10-19(31-2)11-9-18/h3-11,13,15-16H,12,14H2,1-2H3,(H,26,29)(H,27,30)/t16-/m0/s1. The van der Waals surface area contributed by atoms with Crippen molar-refractivity contribution in [1.29, 1.82) is 0 Å². The number of anilines is 2. The number of aromatic nitrogens is 1. The fourth-order valence-electron chi connectivity index (χ4n) is 3.71. The summed E-state index contributed by atoms with van der Waals surface area (Å²) >= 11 is 0. The van der Waals surface area contributed by atoms with Gasteiger partial charge in [0.05, 0.1) is 13.2 Å². The minimum absolute atomic E-state index is 0.161. The number of carbonyl (C=O) groups excluding carboxylic acids is 2. The van der Waals surface area contributed by atoms with Gasteiger partial charge in [-0.1, -0.05) is 12.1 Å². The smallest absolute Gasteiger partial charge is 0.326 e. The summed E-state index contributed by atoms with van der Waals surface area (Å²) in [6.45, 7) is 2.44. The molecule has 0 radical (unpaired) electrons. The Labute approximate surface area is 181 Å². The minimum Gasteiger partial charge on any atom is -0.497 e. The number of methoxy groups -OCH3 is 1. The third-order valence-corrected chi connectivity index (χ3v) is 5.39. The Bertz CT molecular complexity index is 1080. The third-order valence-electron chi connectivity index (χ3n) is 5.39. The lowest BCUT2D eigenvalue weighted by Crippen LogP contribution is -2.33. The number of amides is 3. The molecule has 3 aromatic rings. The molecule has 2 heterocycles. The quantitative estimate of drug-likeness (QED) is 0.654. The zero-order valence-corrected chi connectivity index (χ0v) is 17.5. The number of fused-ring (bicyclic) bond motifs is 1. The zero-order chi connectivity index (χ0) is 21.8. The Morgan fingerprint density at radius 3 is 2.61 bits per heavy atom. The first kappa shape index (κ1) is 20.4. The van der Waals surface area contributed by atoms with Crippen LogP contribution in [0.3, 0.4) is 0 Å². The Hall–Kier alpha value is -3.87. The Balaban J connectivity index is 1.49. The van der Waals surface area contributed by atoms with Gasteiger partial charge < -0.3 is 15.4 Å². The minimum atomic E-state index is -0.231. The zero-order valence-electron chi connectivity index (χ0n) is 17.5.